The second-order valence-electron chi connectivity index (χ2n) is 7.14. The number of nitrogens with one attached hydrogen (secondary N) is 1. The van der Waals surface area contributed by atoms with Gasteiger partial charge in [-0.25, -0.2) is 0 Å². The summed E-state index contributed by atoms with van der Waals surface area (Å²) in [6.45, 7) is 7.86. The Balaban J connectivity index is 1.77. The number of aromatic nitrogens is 1. The molecule has 3 rings (SSSR count). The Hall–Kier alpha value is -3.08. The maximum absolute atomic E-state index is 13.2. The van der Waals surface area contributed by atoms with Gasteiger partial charge in [-0.05, 0) is 48.2 Å². The molecule has 1 heterocycles. The third-order valence-corrected chi connectivity index (χ3v) is 5.00. The third-order valence-electron chi connectivity index (χ3n) is 4.76. The number of allylic oxidation sites excluding steroid dienone is 3. The van der Waals surface area contributed by atoms with Crippen LogP contribution >= 0.6 is 11.6 Å². The van der Waals surface area contributed by atoms with Gasteiger partial charge in [0.25, 0.3) is 5.56 Å². The standard InChI is InChI=1S/C26H27ClN2O2/c1-3-4-6-9-20(2)18-28-19-22-16-21-12-13-23(27)17-25(21)29(26(22)30)14-15-31-24-10-7-5-8-11-24/h3-13,16-17,28H,2,14-15,18-19H2,1H3/b4-3-,9-6-. The number of fused-ring (bicyclic) bond motifs is 1. The van der Waals surface area contributed by atoms with Crippen LogP contribution in [0.1, 0.15) is 12.5 Å². The van der Waals surface area contributed by atoms with Gasteiger partial charge >= 0.3 is 0 Å². The number of para-hydroxylation sites is 1. The van der Waals surface area contributed by atoms with Crippen LogP contribution in [0.3, 0.4) is 0 Å². The molecule has 31 heavy (non-hydrogen) atoms. The highest BCUT2D eigenvalue weighted by Crippen LogP contribution is 2.19. The van der Waals surface area contributed by atoms with Gasteiger partial charge in [0.2, 0.25) is 0 Å². The smallest absolute Gasteiger partial charge is 0.255 e. The summed E-state index contributed by atoms with van der Waals surface area (Å²) in [5, 5.41) is 4.87. The van der Waals surface area contributed by atoms with Gasteiger partial charge in [-0.2, -0.15) is 0 Å². The maximum atomic E-state index is 13.2. The molecule has 0 saturated carbocycles. The summed E-state index contributed by atoms with van der Waals surface area (Å²) >= 11 is 6.20. The van der Waals surface area contributed by atoms with Crippen molar-refractivity contribution in [2.24, 2.45) is 0 Å². The number of nitrogens with zero attached hydrogens (tertiary/aromatic N) is 1. The third kappa shape index (κ3) is 6.45. The van der Waals surface area contributed by atoms with E-state index < -0.39 is 0 Å². The molecular weight excluding hydrogens is 408 g/mol. The van der Waals surface area contributed by atoms with Crippen molar-refractivity contribution in [1.82, 2.24) is 9.88 Å². The molecule has 0 aliphatic heterocycles. The molecule has 0 aliphatic carbocycles. The van der Waals surface area contributed by atoms with Crippen LogP contribution < -0.4 is 15.6 Å². The second kappa shape index (κ2) is 11.3. The molecule has 0 aliphatic rings. The number of halogens is 1. The molecule has 0 radical (unpaired) electrons. The Bertz CT molecular complexity index is 1150. The summed E-state index contributed by atoms with van der Waals surface area (Å²) in [4.78, 5) is 13.2. The molecule has 0 bridgehead atoms. The van der Waals surface area contributed by atoms with E-state index in [0.29, 0.717) is 36.8 Å². The lowest BCUT2D eigenvalue weighted by molar-refractivity contribution is 0.298. The highest BCUT2D eigenvalue weighted by atomic mass is 35.5. The van der Waals surface area contributed by atoms with E-state index in [1.54, 1.807) is 4.57 Å². The highest BCUT2D eigenvalue weighted by Gasteiger charge is 2.10. The maximum Gasteiger partial charge on any atom is 0.255 e. The van der Waals surface area contributed by atoms with Crippen LogP contribution in [0.15, 0.2) is 95.8 Å². The van der Waals surface area contributed by atoms with E-state index in [1.165, 1.54) is 0 Å². The molecule has 0 saturated heterocycles. The first-order valence-corrected chi connectivity index (χ1v) is 10.6. The van der Waals surface area contributed by atoms with Crippen molar-refractivity contribution in [2.75, 3.05) is 13.2 Å². The molecule has 3 aromatic rings. The molecule has 0 unspecified atom stereocenters. The molecule has 2 aromatic carbocycles. The summed E-state index contributed by atoms with van der Waals surface area (Å²) in [6, 6.07) is 17.1. The largest absolute Gasteiger partial charge is 0.492 e. The number of rotatable bonds is 10. The molecule has 0 fully saturated rings. The number of benzene rings is 2. The average Bonchev–Trinajstić information content (AvgIpc) is 2.77. The van der Waals surface area contributed by atoms with Gasteiger partial charge in [0.1, 0.15) is 12.4 Å². The van der Waals surface area contributed by atoms with Crippen molar-refractivity contribution in [3.63, 3.8) is 0 Å². The van der Waals surface area contributed by atoms with Crippen molar-refractivity contribution < 1.29 is 4.74 Å². The molecule has 5 heteroatoms. The quantitative estimate of drug-likeness (QED) is 0.428. The minimum atomic E-state index is -0.0472. The van der Waals surface area contributed by atoms with Crippen LogP contribution in [0, 0.1) is 0 Å². The van der Waals surface area contributed by atoms with Crippen molar-refractivity contribution in [3.8, 4) is 5.75 Å². The van der Waals surface area contributed by atoms with Crippen LogP contribution in [-0.2, 0) is 13.1 Å². The van der Waals surface area contributed by atoms with Crippen LogP contribution in [-0.4, -0.2) is 17.7 Å². The molecule has 0 spiro atoms. The normalized spacial score (nSPS) is 11.5. The fourth-order valence-electron chi connectivity index (χ4n) is 3.24. The van der Waals surface area contributed by atoms with Crippen LogP contribution in [0.2, 0.25) is 5.02 Å². The summed E-state index contributed by atoms with van der Waals surface area (Å²) in [5.41, 5.74) is 2.40. The zero-order chi connectivity index (χ0) is 22.1. The monoisotopic (exact) mass is 434 g/mol. The lowest BCUT2D eigenvalue weighted by atomic mass is 10.1. The SMILES string of the molecule is C=C(/C=C\C=C/C)CNCc1cc2ccc(Cl)cc2n(CCOc2ccccc2)c1=O. The second-order valence-corrected chi connectivity index (χ2v) is 7.57. The summed E-state index contributed by atoms with van der Waals surface area (Å²) < 4.78 is 7.55. The Morgan fingerprint density at radius 2 is 1.97 bits per heavy atom. The average molecular weight is 435 g/mol. The van der Waals surface area contributed by atoms with Gasteiger partial charge in [0.05, 0.1) is 12.1 Å². The van der Waals surface area contributed by atoms with E-state index >= 15 is 0 Å². The van der Waals surface area contributed by atoms with Gasteiger partial charge in [-0.15, -0.1) is 0 Å². The Morgan fingerprint density at radius 3 is 2.74 bits per heavy atom. The predicted octanol–water partition coefficient (Wildman–Crippen LogP) is 5.51. The minimum absolute atomic E-state index is 0.0472. The Morgan fingerprint density at radius 1 is 1.16 bits per heavy atom. The number of hydrogen-bond acceptors (Lipinski definition) is 3. The molecule has 1 aromatic heterocycles. The number of hydrogen-bond donors (Lipinski definition) is 1. The fourth-order valence-corrected chi connectivity index (χ4v) is 3.41. The van der Waals surface area contributed by atoms with Crippen molar-refractivity contribution in [2.45, 2.75) is 20.0 Å². The van der Waals surface area contributed by atoms with Gasteiger partial charge in [-0.1, -0.05) is 66.7 Å². The van der Waals surface area contributed by atoms with Crippen LogP contribution in [0.5, 0.6) is 5.75 Å². The number of ether oxygens (including phenoxy) is 1. The molecule has 0 amide bonds. The van der Waals surface area contributed by atoms with Gasteiger partial charge in [0, 0.05) is 23.7 Å². The van der Waals surface area contributed by atoms with Crippen molar-refractivity contribution in [3.05, 3.63) is 112 Å². The fraction of sp³-hybridized carbons (Fsp3) is 0.192. The summed E-state index contributed by atoms with van der Waals surface area (Å²) in [7, 11) is 0. The molecule has 1 N–H and O–H groups in total. The topological polar surface area (TPSA) is 43.3 Å². The van der Waals surface area contributed by atoms with E-state index in [1.807, 2.05) is 85.8 Å². The van der Waals surface area contributed by atoms with Crippen molar-refractivity contribution in [1.29, 1.82) is 0 Å². The highest BCUT2D eigenvalue weighted by molar-refractivity contribution is 6.31. The van der Waals surface area contributed by atoms with Gasteiger partial charge in [0.15, 0.2) is 0 Å². The minimum Gasteiger partial charge on any atom is -0.492 e. The molecule has 0 atom stereocenters. The Kier molecular flexibility index (Phi) is 8.27. The van der Waals surface area contributed by atoms with Crippen molar-refractivity contribution >= 4 is 22.5 Å². The lowest BCUT2D eigenvalue weighted by Gasteiger charge is -2.14. The first-order valence-electron chi connectivity index (χ1n) is 10.3. The van der Waals surface area contributed by atoms with Gasteiger partial charge in [-0.3, -0.25) is 4.79 Å². The first kappa shape index (κ1) is 22.6. The number of pyridine rings is 1. The molecular formula is C26H27ClN2O2. The van der Waals surface area contributed by atoms with E-state index in [4.69, 9.17) is 16.3 Å². The van der Waals surface area contributed by atoms with E-state index in [0.717, 1.165) is 22.2 Å². The van der Waals surface area contributed by atoms with E-state index in [-0.39, 0.29) is 5.56 Å². The zero-order valence-electron chi connectivity index (χ0n) is 17.7. The van der Waals surface area contributed by atoms with Crippen LogP contribution in [0.4, 0.5) is 0 Å². The molecule has 160 valence electrons. The zero-order valence-corrected chi connectivity index (χ0v) is 18.4. The Labute approximate surface area is 188 Å². The van der Waals surface area contributed by atoms with Crippen LogP contribution in [0.25, 0.3) is 10.9 Å². The summed E-state index contributed by atoms with van der Waals surface area (Å²) in [6.07, 6.45) is 7.82. The van der Waals surface area contributed by atoms with E-state index in [2.05, 4.69) is 11.9 Å². The predicted molar refractivity (Wildman–Crippen MR) is 130 cm³/mol. The first-order chi connectivity index (χ1) is 15.1. The van der Waals surface area contributed by atoms with Gasteiger partial charge < -0.3 is 14.6 Å². The molecule has 4 nitrogen and oxygen atoms in total. The lowest BCUT2D eigenvalue weighted by Crippen LogP contribution is -2.29. The van der Waals surface area contributed by atoms with E-state index in [9.17, 15) is 4.79 Å². The summed E-state index contributed by atoms with van der Waals surface area (Å²) in [5.74, 6) is 0.778.